The van der Waals surface area contributed by atoms with Gasteiger partial charge in [0, 0.05) is 0 Å². The number of ether oxygens (including phenoxy) is 2. The molecule has 0 unspecified atom stereocenters. The van der Waals surface area contributed by atoms with Crippen LogP contribution >= 0.6 is 0 Å². The third kappa shape index (κ3) is 2.60. The van der Waals surface area contributed by atoms with E-state index < -0.39 is 22.5 Å². The summed E-state index contributed by atoms with van der Waals surface area (Å²) in [4.78, 5) is 0. The molecule has 142 valence electrons. The second-order valence-electron chi connectivity index (χ2n) is 10.2. The summed E-state index contributed by atoms with van der Waals surface area (Å²) in [5.74, 6) is 0. The van der Waals surface area contributed by atoms with Crippen LogP contribution < -0.4 is 0 Å². The molecule has 0 amide bonds. The van der Waals surface area contributed by atoms with Crippen LogP contribution in [0.5, 0.6) is 0 Å². The molecule has 2 aliphatic carbocycles. The van der Waals surface area contributed by atoms with Crippen molar-refractivity contribution in [1.29, 1.82) is 0 Å². The minimum atomic E-state index is -0.611. The van der Waals surface area contributed by atoms with Gasteiger partial charge in [-0.2, -0.15) is 0 Å². The Morgan fingerprint density at radius 2 is 0.920 bits per heavy atom. The Labute approximate surface area is 151 Å². The van der Waals surface area contributed by atoms with Crippen molar-refractivity contribution in [3.63, 3.8) is 0 Å². The van der Waals surface area contributed by atoms with Crippen molar-refractivity contribution in [3.05, 3.63) is 0 Å². The van der Waals surface area contributed by atoms with E-state index in [0.29, 0.717) is 13.2 Å². The Morgan fingerprint density at radius 3 is 1.16 bits per heavy atom. The normalized spacial score (nSPS) is 47.3. The van der Waals surface area contributed by atoms with Gasteiger partial charge in [-0.05, 0) is 84.5 Å². The first-order valence-corrected chi connectivity index (χ1v) is 9.78. The van der Waals surface area contributed by atoms with Crippen LogP contribution in [0.2, 0.25) is 0 Å². The molecule has 0 aromatic heterocycles. The molecule has 4 fully saturated rings. The molecule has 2 heterocycles. The molecule has 2 aliphatic heterocycles. The SMILES string of the molecule is CC1(C)COC2(CCC3(CC2)CCC2(CC3)OCC(C)(C)N2[O])N1[O]. The van der Waals surface area contributed by atoms with Crippen LogP contribution in [0.25, 0.3) is 0 Å². The van der Waals surface area contributed by atoms with Crippen molar-refractivity contribution in [2.24, 2.45) is 5.41 Å². The molecular weight excluding hydrogens is 320 g/mol. The molecule has 6 nitrogen and oxygen atoms in total. The van der Waals surface area contributed by atoms with Gasteiger partial charge in [0.05, 0.1) is 24.3 Å². The predicted molar refractivity (Wildman–Crippen MR) is 89.9 cm³/mol. The summed E-state index contributed by atoms with van der Waals surface area (Å²) >= 11 is 0. The number of nitrogens with zero attached hydrogens (tertiary/aromatic N) is 2. The van der Waals surface area contributed by atoms with E-state index in [1.165, 1.54) is 10.1 Å². The summed E-state index contributed by atoms with van der Waals surface area (Å²) in [5, 5.41) is 27.9. The molecule has 2 saturated heterocycles. The average Bonchev–Trinajstić information content (AvgIpc) is 2.94. The first-order chi connectivity index (χ1) is 11.6. The van der Waals surface area contributed by atoms with Crippen molar-refractivity contribution in [2.75, 3.05) is 13.2 Å². The minimum Gasteiger partial charge on any atom is -0.356 e. The minimum absolute atomic E-state index is 0.254. The molecule has 2 saturated carbocycles. The molecule has 25 heavy (non-hydrogen) atoms. The largest absolute Gasteiger partial charge is 0.356 e. The van der Waals surface area contributed by atoms with Gasteiger partial charge in [-0.15, -0.1) is 20.5 Å². The van der Waals surface area contributed by atoms with E-state index in [1.54, 1.807) is 0 Å². The zero-order valence-corrected chi connectivity index (χ0v) is 16.1. The lowest BCUT2D eigenvalue weighted by Crippen LogP contribution is -2.55. The number of hydrogen-bond donors (Lipinski definition) is 0. The Balaban J connectivity index is 1.41. The Kier molecular flexibility index (Phi) is 3.91. The Bertz CT molecular complexity index is 480. The van der Waals surface area contributed by atoms with Gasteiger partial charge >= 0.3 is 0 Å². The van der Waals surface area contributed by atoms with E-state index in [1.807, 2.05) is 27.7 Å². The van der Waals surface area contributed by atoms with Gasteiger partial charge in [-0.25, -0.2) is 0 Å². The lowest BCUT2D eigenvalue weighted by molar-refractivity contribution is -0.316. The molecule has 0 bridgehead atoms. The summed E-state index contributed by atoms with van der Waals surface area (Å²) in [6.45, 7) is 8.88. The fourth-order valence-corrected chi connectivity index (χ4v) is 5.50. The van der Waals surface area contributed by atoms with E-state index in [9.17, 15) is 10.4 Å². The summed E-state index contributed by atoms with van der Waals surface area (Å²) < 4.78 is 12.0. The van der Waals surface area contributed by atoms with Crippen LogP contribution in [-0.4, -0.2) is 45.9 Å². The monoisotopic (exact) mass is 352 g/mol. The van der Waals surface area contributed by atoms with Gasteiger partial charge in [0.25, 0.3) is 0 Å². The average molecular weight is 352 g/mol. The maximum atomic E-state index is 12.7. The number of rotatable bonds is 0. The first kappa shape index (κ1) is 18.1. The van der Waals surface area contributed by atoms with Crippen molar-refractivity contribution < 1.29 is 19.9 Å². The van der Waals surface area contributed by atoms with Crippen molar-refractivity contribution >= 4 is 0 Å². The molecule has 3 spiro atoms. The van der Waals surface area contributed by atoms with Gasteiger partial charge < -0.3 is 9.47 Å². The van der Waals surface area contributed by atoms with Gasteiger partial charge in [0.1, 0.15) is 11.4 Å². The van der Waals surface area contributed by atoms with E-state index in [-0.39, 0.29) is 5.41 Å². The van der Waals surface area contributed by atoms with Gasteiger partial charge in [-0.1, -0.05) is 0 Å². The van der Waals surface area contributed by atoms with Crippen molar-refractivity contribution in [3.8, 4) is 0 Å². The van der Waals surface area contributed by atoms with Crippen LogP contribution in [0.15, 0.2) is 0 Å². The summed E-state index contributed by atoms with van der Waals surface area (Å²) in [6, 6.07) is 0. The summed E-state index contributed by atoms with van der Waals surface area (Å²) in [6.07, 6.45) is 7.28. The van der Waals surface area contributed by atoms with Gasteiger partial charge in [-0.3, -0.25) is 0 Å². The molecule has 0 atom stereocenters. The van der Waals surface area contributed by atoms with E-state index in [0.717, 1.165) is 51.4 Å². The second-order valence-corrected chi connectivity index (χ2v) is 10.2. The Hall–Kier alpha value is -0.240. The molecule has 0 N–H and O–H groups in total. The third-order valence-electron chi connectivity index (χ3n) is 7.41. The molecule has 0 aromatic carbocycles. The standard InChI is InChI=1S/C19H32N2O4/c1-15(2)13-24-18(20(15)22)9-5-17(6-10-18)7-11-19(12-8-17)21(23)16(3,4)14-25-19/h5-14H2,1-4H3. The zero-order valence-electron chi connectivity index (χ0n) is 16.1. The topological polar surface area (TPSA) is 64.7 Å². The Morgan fingerprint density at radius 1 is 0.600 bits per heavy atom. The molecule has 2 radical (unpaired) electrons. The third-order valence-corrected chi connectivity index (χ3v) is 7.41. The van der Waals surface area contributed by atoms with Gasteiger partial charge in [0.15, 0.2) is 0 Å². The predicted octanol–water partition coefficient (Wildman–Crippen LogP) is 3.43. The molecular formula is C19H32N2O4. The molecule has 4 aliphatic rings. The van der Waals surface area contributed by atoms with E-state index >= 15 is 0 Å². The lowest BCUT2D eigenvalue weighted by atomic mass is 9.62. The van der Waals surface area contributed by atoms with Gasteiger partial charge in [0.2, 0.25) is 0 Å². The van der Waals surface area contributed by atoms with Crippen LogP contribution in [0.3, 0.4) is 0 Å². The maximum Gasteiger partial charge on any atom is 0.147 e. The lowest BCUT2D eigenvalue weighted by Gasteiger charge is -2.51. The van der Waals surface area contributed by atoms with Crippen LogP contribution in [0.4, 0.5) is 0 Å². The first-order valence-electron chi connectivity index (χ1n) is 9.78. The highest BCUT2D eigenvalue weighted by atomic mass is 16.6. The quantitative estimate of drug-likeness (QED) is 0.670. The molecule has 0 aromatic rings. The number of hydrogen-bond acceptors (Lipinski definition) is 4. The molecule has 4 rings (SSSR count). The van der Waals surface area contributed by atoms with E-state index in [2.05, 4.69) is 0 Å². The van der Waals surface area contributed by atoms with Crippen molar-refractivity contribution in [1.82, 2.24) is 10.1 Å². The highest BCUT2D eigenvalue weighted by Gasteiger charge is 2.60. The fraction of sp³-hybridized carbons (Fsp3) is 1.00. The molecule has 6 heteroatoms. The number of hydroxylamine groups is 4. The second kappa shape index (κ2) is 5.40. The summed E-state index contributed by atoms with van der Waals surface area (Å²) in [5.41, 5.74) is -1.81. The smallest absolute Gasteiger partial charge is 0.147 e. The van der Waals surface area contributed by atoms with Crippen molar-refractivity contribution in [2.45, 2.75) is 102 Å². The van der Waals surface area contributed by atoms with Crippen LogP contribution in [-0.2, 0) is 19.9 Å². The maximum absolute atomic E-state index is 12.7. The highest BCUT2D eigenvalue weighted by Crippen LogP contribution is 2.57. The highest BCUT2D eigenvalue weighted by molar-refractivity contribution is 5.04. The fourth-order valence-electron chi connectivity index (χ4n) is 5.50. The summed E-state index contributed by atoms with van der Waals surface area (Å²) in [7, 11) is 0. The van der Waals surface area contributed by atoms with Crippen LogP contribution in [0.1, 0.15) is 79.1 Å². The van der Waals surface area contributed by atoms with E-state index in [4.69, 9.17) is 9.47 Å². The van der Waals surface area contributed by atoms with Crippen LogP contribution in [0, 0.1) is 5.41 Å². The zero-order chi connectivity index (χ0) is 18.1.